The number of hydrogen-bond acceptors (Lipinski definition) is 3. The normalized spacial score (nSPS) is 23.0. The Bertz CT molecular complexity index is 249. The van der Waals surface area contributed by atoms with Crippen molar-refractivity contribution in [2.45, 2.75) is 25.8 Å². The average Bonchev–Trinajstić information content (AvgIpc) is 2.60. The predicted octanol–water partition coefficient (Wildman–Crippen LogP) is -0.732. The minimum Gasteiger partial charge on any atom is -0.370 e. The summed E-state index contributed by atoms with van der Waals surface area (Å²) in [7, 11) is 0. The van der Waals surface area contributed by atoms with Gasteiger partial charge in [0.25, 0.3) is 0 Å². The van der Waals surface area contributed by atoms with Crippen LogP contribution in [0.4, 0.5) is 0 Å². The topological polar surface area (TPSA) is 104 Å². The minimum atomic E-state index is -0.171. The first kappa shape index (κ1) is 11.8. The fourth-order valence-corrected chi connectivity index (χ4v) is 1.90. The van der Waals surface area contributed by atoms with Crippen LogP contribution in [0, 0.1) is 5.41 Å². The first-order valence-electron chi connectivity index (χ1n) is 5.28. The third-order valence-corrected chi connectivity index (χ3v) is 2.64. The molecule has 15 heavy (non-hydrogen) atoms. The second-order valence-electron chi connectivity index (χ2n) is 3.69. The summed E-state index contributed by atoms with van der Waals surface area (Å²) in [6.07, 6.45) is 2.40. The molecule has 1 heterocycles. The van der Waals surface area contributed by atoms with Crippen LogP contribution in [0.1, 0.15) is 19.8 Å². The zero-order valence-electron chi connectivity index (χ0n) is 9.16. The van der Waals surface area contributed by atoms with Gasteiger partial charge in [-0.05, 0) is 25.9 Å². The second-order valence-corrected chi connectivity index (χ2v) is 3.69. The number of nitrogens with zero attached hydrogens (tertiary/aromatic N) is 2. The summed E-state index contributed by atoms with van der Waals surface area (Å²) in [5, 5.41) is 9.45. The van der Waals surface area contributed by atoms with E-state index < -0.39 is 0 Å². The number of aliphatic imine (C=N–C) groups is 1. The molecule has 6 heteroatoms. The summed E-state index contributed by atoms with van der Waals surface area (Å²) in [5.41, 5.74) is 10.7. The van der Waals surface area contributed by atoms with Crippen LogP contribution >= 0.6 is 0 Å². The molecule has 0 aromatic heterocycles. The number of hydrogen-bond donors (Lipinski definition) is 4. The first-order valence-corrected chi connectivity index (χ1v) is 5.28. The fraction of sp³-hybridized carbons (Fsp3) is 0.778. The van der Waals surface area contributed by atoms with Gasteiger partial charge in [-0.15, -0.1) is 0 Å². The zero-order valence-corrected chi connectivity index (χ0v) is 9.16. The maximum absolute atomic E-state index is 6.98. The molecule has 1 atom stereocenters. The Morgan fingerprint density at radius 1 is 1.60 bits per heavy atom. The summed E-state index contributed by atoms with van der Waals surface area (Å²) < 4.78 is 0. The number of nitrogens with two attached hydrogens (primary N) is 2. The Balaban J connectivity index is 2.37. The van der Waals surface area contributed by atoms with Crippen molar-refractivity contribution in [3.05, 3.63) is 0 Å². The van der Waals surface area contributed by atoms with E-state index in [2.05, 4.69) is 22.1 Å². The van der Waals surface area contributed by atoms with E-state index in [1.54, 1.807) is 0 Å². The quantitative estimate of drug-likeness (QED) is 0.366. The van der Waals surface area contributed by atoms with Crippen molar-refractivity contribution in [3.63, 3.8) is 0 Å². The van der Waals surface area contributed by atoms with Crippen LogP contribution in [0.3, 0.4) is 0 Å². The molecule has 0 aromatic rings. The van der Waals surface area contributed by atoms with Crippen LogP contribution in [0.25, 0.3) is 0 Å². The van der Waals surface area contributed by atoms with Crippen molar-refractivity contribution in [2.75, 3.05) is 19.6 Å². The number of likely N-dealkylation sites (N-methyl/N-ethyl adjacent to an activating group) is 1. The van der Waals surface area contributed by atoms with Crippen molar-refractivity contribution in [3.8, 4) is 0 Å². The van der Waals surface area contributed by atoms with E-state index in [0.717, 1.165) is 13.1 Å². The third kappa shape index (κ3) is 3.75. The lowest BCUT2D eigenvalue weighted by Crippen LogP contribution is -2.41. The van der Waals surface area contributed by atoms with E-state index in [0.29, 0.717) is 12.6 Å². The van der Waals surface area contributed by atoms with E-state index in [9.17, 15) is 0 Å². The molecule has 86 valence electrons. The van der Waals surface area contributed by atoms with Gasteiger partial charge in [-0.3, -0.25) is 20.6 Å². The molecule has 0 aromatic carbocycles. The Hall–Kier alpha value is -1.30. The average molecular weight is 212 g/mol. The molecule has 1 unspecified atom stereocenters. The van der Waals surface area contributed by atoms with Crippen molar-refractivity contribution in [1.82, 2.24) is 10.2 Å². The molecule has 0 bridgehead atoms. The highest BCUT2D eigenvalue weighted by Crippen LogP contribution is 2.16. The van der Waals surface area contributed by atoms with Crippen LogP contribution < -0.4 is 16.8 Å². The van der Waals surface area contributed by atoms with Crippen LogP contribution in [-0.2, 0) is 0 Å². The summed E-state index contributed by atoms with van der Waals surface area (Å²) in [4.78, 5) is 6.56. The molecule has 0 saturated carbocycles. The predicted molar refractivity (Wildman–Crippen MR) is 61.8 cm³/mol. The molecule has 0 spiro atoms. The van der Waals surface area contributed by atoms with Crippen LogP contribution in [0.15, 0.2) is 4.99 Å². The van der Waals surface area contributed by atoms with Gasteiger partial charge in [0.05, 0.1) is 6.54 Å². The lowest BCUT2D eigenvalue weighted by Gasteiger charge is -2.20. The summed E-state index contributed by atoms with van der Waals surface area (Å²) >= 11 is 0. The SMILES string of the molecule is CCN1CCCC1CN=C(N)NC(=N)N. The number of nitrogens with one attached hydrogen (secondary N) is 2. The zero-order chi connectivity index (χ0) is 11.3. The summed E-state index contributed by atoms with van der Waals surface area (Å²) in [6, 6.07) is 0.488. The van der Waals surface area contributed by atoms with Crippen molar-refractivity contribution in [1.29, 1.82) is 5.41 Å². The standard InChI is InChI=1S/C9H20N6/c1-2-15-5-3-4-7(15)6-13-9(12)14-8(10)11/h7H,2-6H2,1H3,(H6,10,11,12,13,14). The lowest BCUT2D eigenvalue weighted by atomic mass is 10.2. The van der Waals surface area contributed by atoms with E-state index in [1.165, 1.54) is 12.8 Å². The molecule has 0 aliphatic carbocycles. The Morgan fingerprint density at radius 3 is 2.93 bits per heavy atom. The van der Waals surface area contributed by atoms with Crippen LogP contribution in [0.5, 0.6) is 0 Å². The highest BCUT2D eigenvalue weighted by atomic mass is 15.2. The Kier molecular flexibility index (Phi) is 4.36. The Labute approximate surface area is 90.2 Å². The third-order valence-electron chi connectivity index (χ3n) is 2.64. The van der Waals surface area contributed by atoms with E-state index >= 15 is 0 Å². The van der Waals surface area contributed by atoms with Gasteiger partial charge in [0.1, 0.15) is 0 Å². The largest absolute Gasteiger partial charge is 0.370 e. The molecule has 0 amide bonds. The first-order chi connectivity index (χ1) is 7.13. The molecule has 1 fully saturated rings. The van der Waals surface area contributed by atoms with Crippen molar-refractivity contribution in [2.24, 2.45) is 16.5 Å². The second kappa shape index (κ2) is 5.55. The number of guanidine groups is 2. The summed E-state index contributed by atoms with van der Waals surface area (Å²) in [6.45, 7) is 5.04. The van der Waals surface area contributed by atoms with Gasteiger partial charge in [-0.25, -0.2) is 0 Å². The molecule has 1 aliphatic heterocycles. The summed E-state index contributed by atoms with van der Waals surface area (Å²) in [5.74, 6) is 0.0560. The molecular formula is C9H20N6. The highest BCUT2D eigenvalue weighted by molar-refractivity contribution is 5.95. The molecule has 6 N–H and O–H groups in total. The van der Waals surface area contributed by atoms with Gasteiger partial charge in [0.15, 0.2) is 11.9 Å². The Morgan fingerprint density at radius 2 is 2.33 bits per heavy atom. The van der Waals surface area contributed by atoms with Gasteiger partial charge >= 0.3 is 0 Å². The van der Waals surface area contributed by atoms with E-state index in [4.69, 9.17) is 16.9 Å². The maximum Gasteiger partial charge on any atom is 0.195 e. The van der Waals surface area contributed by atoms with Crippen LogP contribution in [0.2, 0.25) is 0 Å². The minimum absolute atomic E-state index is 0.171. The smallest absolute Gasteiger partial charge is 0.195 e. The van der Waals surface area contributed by atoms with Gasteiger partial charge in [0, 0.05) is 6.04 Å². The maximum atomic E-state index is 6.98. The van der Waals surface area contributed by atoms with Gasteiger partial charge in [-0.2, -0.15) is 0 Å². The lowest BCUT2D eigenvalue weighted by molar-refractivity contribution is 0.273. The molecular weight excluding hydrogens is 192 g/mol. The molecule has 6 nitrogen and oxygen atoms in total. The molecule has 1 saturated heterocycles. The van der Waals surface area contributed by atoms with Gasteiger partial charge in [0.2, 0.25) is 0 Å². The molecule has 1 rings (SSSR count). The molecule has 0 radical (unpaired) electrons. The fourth-order valence-electron chi connectivity index (χ4n) is 1.90. The van der Waals surface area contributed by atoms with E-state index in [1.807, 2.05) is 0 Å². The van der Waals surface area contributed by atoms with Crippen molar-refractivity contribution < 1.29 is 0 Å². The number of likely N-dealkylation sites (tertiary alicyclic amines) is 1. The van der Waals surface area contributed by atoms with Gasteiger partial charge < -0.3 is 11.5 Å². The van der Waals surface area contributed by atoms with Gasteiger partial charge in [-0.1, -0.05) is 6.92 Å². The van der Waals surface area contributed by atoms with E-state index in [-0.39, 0.29) is 11.9 Å². The van der Waals surface area contributed by atoms with Crippen LogP contribution in [-0.4, -0.2) is 42.5 Å². The number of rotatable bonds is 3. The monoisotopic (exact) mass is 212 g/mol. The highest BCUT2D eigenvalue weighted by Gasteiger charge is 2.22. The van der Waals surface area contributed by atoms with Crippen molar-refractivity contribution >= 4 is 11.9 Å². The molecule has 1 aliphatic rings.